The number of aromatic nitrogens is 2. The van der Waals surface area contributed by atoms with Gasteiger partial charge in [0, 0.05) is 37.4 Å². The standard InChI is InChI=1S/C19H16FN5O2/c1-23-12-14(11-21-23)19-10-18(13-2-4-15(20)5-3-13)22-24(19)16-6-8-17(9-7-16)25(26)27/h2-9,11-12,19H,10H2,1H3/t19-/m0/s1. The molecule has 1 aromatic heterocycles. The van der Waals surface area contributed by atoms with Gasteiger partial charge in [-0.15, -0.1) is 0 Å². The number of hydrazone groups is 1. The third kappa shape index (κ3) is 3.29. The van der Waals surface area contributed by atoms with E-state index in [9.17, 15) is 14.5 Å². The van der Waals surface area contributed by atoms with Crippen LogP contribution in [0, 0.1) is 15.9 Å². The van der Waals surface area contributed by atoms with Crippen LogP contribution in [-0.2, 0) is 7.05 Å². The van der Waals surface area contributed by atoms with E-state index in [1.54, 1.807) is 35.1 Å². The minimum absolute atomic E-state index is 0.0265. The lowest BCUT2D eigenvalue weighted by Gasteiger charge is -2.22. The van der Waals surface area contributed by atoms with Crippen LogP contribution in [0.3, 0.4) is 0 Å². The molecular formula is C19H16FN5O2. The second-order valence-corrected chi connectivity index (χ2v) is 6.34. The fraction of sp³-hybridized carbons (Fsp3) is 0.158. The van der Waals surface area contributed by atoms with Crippen LogP contribution in [0.25, 0.3) is 0 Å². The predicted molar refractivity (Wildman–Crippen MR) is 99.1 cm³/mol. The Balaban J connectivity index is 1.72. The molecule has 0 saturated heterocycles. The highest BCUT2D eigenvalue weighted by Gasteiger charge is 2.31. The van der Waals surface area contributed by atoms with Gasteiger partial charge >= 0.3 is 0 Å². The minimum atomic E-state index is -0.431. The van der Waals surface area contributed by atoms with Crippen LogP contribution in [-0.4, -0.2) is 20.4 Å². The van der Waals surface area contributed by atoms with Gasteiger partial charge in [0.2, 0.25) is 0 Å². The molecule has 0 N–H and O–H groups in total. The van der Waals surface area contributed by atoms with Gasteiger partial charge in [-0.3, -0.25) is 19.8 Å². The third-order valence-electron chi connectivity index (χ3n) is 4.52. The fourth-order valence-electron chi connectivity index (χ4n) is 3.16. The number of hydrogen-bond acceptors (Lipinski definition) is 5. The molecule has 2 aromatic carbocycles. The number of aryl methyl sites for hydroxylation is 1. The summed E-state index contributed by atoms with van der Waals surface area (Å²) >= 11 is 0. The highest BCUT2D eigenvalue weighted by Crippen LogP contribution is 2.37. The molecule has 0 saturated carbocycles. The maximum Gasteiger partial charge on any atom is 0.269 e. The van der Waals surface area contributed by atoms with Gasteiger partial charge in [-0.25, -0.2) is 4.39 Å². The van der Waals surface area contributed by atoms with E-state index in [4.69, 9.17) is 5.10 Å². The monoisotopic (exact) mass is 365 g/mol. The quantitative estimate of drug-likeness (QED) is 0.520. The minimum Gasteiger partial charge on any atom is -0.275 e. The molecule has 0 fully saturated rings. The molecule has 27 heavy (non-hydrogen) atoms. The van der Waals surface area contributed by atoms with E-state index in [0.717, 1.165) is 22.5 Å². The Hall–Kier alpha value is -3.55. The first-order valence-electron chi connectivity index (χ1n) is 8.37. The molecule has 0 bridgehead atoms. The molecule has 0 amide bonds. The largest absolute Gasteiger partial charge is 0.275 e. The van der Waals surface area contributed by atoms with Crippen LogP contribution in [0.2, 0.25) is 0 Å². The maximum absolute atomic E-state index is 13.2. The summed E-state index contributed by atoms with van der Waals surface area (Å²) in [5.74, 6) is -0.298. The first-order chi connectivity index (χ1) is 13.0. The van der Waals surface area contributed by atoms with Crippen LogP contribution < -0.4 is 5.01 Å². The van der Waals surface area contributed by atoms with Crippen molar-refractivity contribution in [2.75, 3.05) is 5.01 Å². The highest BCUT2D eigenvalue weighted by molar-refractivity contribution is 6.03. The zero-order valence-corrected chi connectivity index (χ0v) is 14.5. The zero-order chi connectivity index (χ0) is 19.0. The molecule has 1 aliphatic rings. The predicted octanol–water partition coefficient (Wildman–Crippen LogP) is 3.82. The van der Waals surface area contributed by atoms with E-state index in [-0.39, 0.29) is 17.5 Å². The summed E-state index contributed by atoms with van der Waals surface area (Å²) in [4.78, 5) is 10.5. The average molecular weight is 365 g/mol. The Morgan fingerprint density at radius 1 is 1.15 bits per heavy atom. The number of non-ortho nitro benzene ring substituents is 1. The maximum atomic E-state index is 13.2. The first-order valence-corrected chi connectivity index (χ1v) is 8.37. The second kappa shape index (κ2) is 6.64. The average Bonchev–Trinajstić information content (AvgIpc) is 3.29. The molecule has 0 aliphatic carbocycles. The molecule has 3 aromatic rings. The number of nitrogens with zero attached hydrogens (tertiary/aromatic N) is 5. The summed E-state index contributed by atoms with van der Waals surface area (Å²) < 4.78 is 15.0. The molecular weight excluding hydrogens is 349 g/mol. The molecule has 4 rings (SSSR count). The lowest BCUT2D eigenvalue weighted by Crippen LogP contribution is -2.18. The van der Waals surface area contributed by atoms with Crippen molar-refractivity contribution in [3.63, 3.8) is 0 Å². The van der Waals surface area contributed by atoms with Crippen molar-refractivity contribution in [3.05, 3.63) is 88.0 Å². The number of benzene rings is 2. The molecule has 2 heterocycles. The summed E-state index contributed by atoms with van der Waals surface area (Å²) in [6.07, 6.45) is 4.33. The Morgan fingerprint density at radius 3 is 2.44 bits per heavy atom. The van der Waals surface area contributed by atoms with Crippen molar-refractivity contribution in [2.45, 2.75) is 12.5 Å². The summed E-state index contributed by atoms with van der Waals surface area (Å²) in [6, 6.07) is 12.4. The van der Waals surface area contributed by atoms with Crippen LogP contribution in [0.4, 0.5) is 15.8 Å². The van der Waals surface area contributed by atoms with E-state index < -0.39 is 4.92 Å². The smallest absolute Gasteiger partial charge is 0.269 e. The number of rotatable bonds is 4. The number of hydrogen-bond donors (Lipinski definition) is 0. The number of nitro benzene ring substituents is 1. The SMILES string of the molecule is Cn1cc([C@@H]2CC(c3ccc(F)cc3)=NN2c2ccc([N+](=O)[O-])cc2)cn1. The van der Waals surface area contributed by atoms with E-state index >= 15 is 0 Å². The lowest BCUT2D eigenvalue weighted by atomic mass is 10.0. The van der Waals surface area contributed by atoms with Crippen molar-refractivity contribution in [1.82, 2.24) is 9.78 Å². The van der Waals surface area contributed by atoms with Gasteiger partial charge in [0.25, 0.3) is 5.69 Å². The van der Waals surface area contributed by atoms with Crippen LogP contribution in [0.15, 0.2) is 66.0 Å². The van der Waals surface area contributed by atoms with Crippen molar-refractivity contribution < 1.29 is 9.31 Å². The van der Waals surface area contributed by atoms with Gasteiger partial charge < -0.3 is 0 Å². The van der Waals surface area contributed by atoms with E-state index in [0.29, 0.717) is 6.42 Å². The van der Waals surface area contributed by atoms with Gasteiger partial charge in [-0.2, -0.15) is 10.2 Å². The molecule has 1 aliphatic heterocycles. The van der Waals surface area contributed by atoms with E-state index in [2.05, 4.69) is 5.10 Å². The summed E-state index contributed by atoms with van der Waals surface area (Å²) in [6.45, 7) is 0. The first kappa shape index (κ1) is 16.9. The van der Waals surface area contributed by atoms with Crippen molar-refractivity contribution in [2.24, 2.45) is 12.1 Å². The molecule has 0 spiro atoms. The van der Waals surface area contributed by atoms with Gasteiger partial charge in [-0.05, 0) is 29.8 Å². The molecule has 1 atom stereocenters. The normalized spacial score (nSPS) is 16.4. The molecule has 0 unspecified atom stereocenters. The summed E-state index contributed by atoms with van der Waals surface area (Å²) in [7, 11) is 1.84. The highest BCUT2D eigenvalue weighted by atomic mass is 19.1. The molecule has 8 heteroatoms. The van der Waals surface area contributed by atoms with Gasteiger partial charge in [0.15, 0.2) is 0 Å². The summed E-state index contributed by atoms with van der Waals surface area (Å²) in [5.41, 5.74) is 3.42. The number of anilines is 1. The molecule has 0 radical (unpaired) electrons. The second-order valence-electron chi connectivity index (χ2n) is 6.34. The Morgan fingerprint density at radius 2 is 1.85 bits per heavy atom. The topological polar surface area (TPSA) is 76.6 Å². The van der Waals surface area contributed by atoms with Crippen molar-refractivity contribution in [3.8, 4) is 0 Å². The van der Waals surface area contributed by atoms with E-state index in [1.165, 1.54) is 24.3 Å². The van der Waals surface area contributed by atoms with Crippen molar-refractivity contribution >= 4 is 17.1 Å². The summed E-state index contributed by atoms with van der Waals surface area (Å²) in [5, 5.41) is 21.7. The zero-order valence-electron chi connectivity index (χ0n) is 14.5. The lowest BCUT2D eigenvalue weighted by molar-refractivity contribution is -0.384. The third-order valence-corrected chi connectivity index (χ3v) is 4.52. The number of halogens is 1. The van der Waals surface area contributed by atoms with Gasteiger partial charge in [0.1, 0.15) is 5.82 Å². The van der Waals surface area contributed by atoms with Crippen molar-refractivity contribution in [1.29, 1.82) is 0 Å². The van der Waals surface area contributed by atoms with Crippen LogP contribution >= 0.6 is 0 Å². The fourth-order valence-corrected chi connectivity index (χ4v) is 3.16. The molecule has 136 valence electrons. The molecule has 7 nitrogen and oxygen atoms in total. The van der Waals surface area contributed by atoms with E-state index in [1.807, 2.05) is 18.3 Å². The number of nitro groups is 1. The Bertz CT molecular complexity index is 1010. The van der Waals surface area contributed by atoms with Gasteiger partial charge in [-0.1, -0.05) is 12.1 Å². The Labute approximate surface area is 154 Å². The Kier molecular flexibility index (Phi) is 4.15. The van der Waals surface area contributed by atoms with Crippen LogP contribution in [0.1, 0.15) is 23.6 Å². The van der Waals surface area contributed by atoms with Crippen LogP contribution in [0.5, 0.6) is 0 Å². The van der Waals surface area contributed by atoms with Gasteiger partial charge in [0.05, 0.1) is 28.6 Å².